The van der Waals surface area contributed by atoms with Gasteiger partial charge in [-0.05, 0) is 42.7 Å². The summed E-state index contributed by atoms with van der Waals surface area (Å²) in [4.78, 5) is 15.0. The van der Waals surface area contributed by atoms with Crippen molar-refractivity contribution in [2.24, 2.45) is 0 Å². The number of amides is 1. The van der Waals surface area contributed by atoms with Gasteiger partial charge in [0.15, 0.2) is 0 Å². The predicted molar refractivity (Wildman–Crippen MR) is 108 cm³/mol. The molecule has 0 saturated carbocycles. The third-order valence-corrected chi connectivity index (χ3v) is 5.42. The summed E-state index contributed by atoms with van der Waals surface area (Å²) in [5.41, 5.74) is 2.93. The molecule has 5 heteroatoms. The van der Waals surface area contributed by atoms with Crippen molar-refractivity contribution in [2.45, 2.75) is 25.4 Å². The molecule has 2 aliphatic heterocycles. The Balaban J connectivity index is 1.28. The van der Waals surface area contributed by atoms with Gasteiger partial charge in [0.2, 0.25) is 0 Å². The van der Waals surface area contributed by atoms with Crippen LogP contribution in [0.15, 0.2) is 54.1 Å². The molecule has 0 atom stereocenters. The van der Waals surface area contributed by atoms with Crippen LogP contribution in [0.2, 0.25) is 5.02 Å². The summed E-state index contributed by atoms with van der Waals surface area (Å²) in [6.07, 6.45) is 3.86. The summed E-state index contributed by atoms with van der Waals surface area (Å²) in [7, 11) is 0. The number of hydrogen-bond donors (Lipinski definition) is 1. The summed E-state index contributed by atoms with van der Waals surface area (Å²) < 4.78 is 5.69. The van der Waals surface area contributed by atoms with E-state index in [9.17, 15) is 4.79 Å². The molecule has 2 aliphatic rings. The quantitative estimate of drug-likeness (QED) is 0.872. The molecule has 2 aromatic carbocycles. The highest BCUT2D eigenvalue weighted by Crippen LogP contribution is 2.26. The number of fused-ring (bicyclic) bond motifs is 1. The van der Waals surface area contributed by atoms with Crippen LogP contribution >= 0.6 is 11.6 Å². The first-order valence-electron chi connectivity index (χ1n) is 9.37. The molecule has 0 aliphatic carbocycles. The summed E-state index contributed by atoms with van der Waals surface area (Å²) in [5, 5.41) is 3.95. The molecule has 2 aromatic rings. The molecule has 0 spiro atoms. The van der Waals surface area contributed by atoms with Gasteiger partial charge in [0.05, 0.1) is 5.57 Å². The molecule has 4 nitrogen and oxygen atoms in total. The van der Waals surface area contributed by atoms with E-state index in [0.29, 0.717) is 12.2 Å². The molecule has 1 amide bonds. The first-order valence-corrected chi connectivity index (χ1v) is 9.75. The molecule has 2 heterocycles. The largest absolute Gasteiger partial charge is 0.488 e. The Morgan fingerprint density at radius 1 is 1.11 bits per heavy atom. The highest BCUT2D eigenvalue weighted by atomic mass is 35.5. The van der Waals surface area contributed by atoms with Gasteiger partial charge in [-0.3, -0.25) is 9.69 Å². The zero-order valence-electron chi connectivity index (χ0n) is 15.2. The molecule has 140 valence electrons. The monoisotopic (exact) mass is 382 g/mol. The molecule has 1 N–H and O–H groups in total. The van der Waals surface area contributed by atoms with E-state index in [1.807, 2.05) is 42.5 Å². The predicted octanol–water partition coefficient (Wildman–Crippen LogP) is 3.90. The van der Waals surface area contributed by atoms with E-state index in [0.717, 1.165) is 48.8 Å². The van der Waals surface area contributed by atoms with Crippen LogP contribution in [0.25, 0.3) is 6.08 Å². The SMILES string of the molecule is O=C(NC1CCN(Cc2ccc(Cl)cc2)CC1)C1=Cc2ccccc2OC1. The van der Waals surface area contributed by atoms with E-state index >= 15 is 0 Å². The third-order valence-electron chi connectivity index (χ3n) is 5.17. The Kier molecular flexibility index (Phi) is 5.46. The zero-order chi connectivity index (χ0) is 18.6. The van der Waals surface area contributed by atoms with E-state index in [2.05, 4.69) is 22.3 Å². The second kappa shape index (κ2) is 8.15. The van der Waals surface area contributed by atoms with Gasteiger partial charge in [0.25, 0.3) is 5.91 Å². The third kappa shape index (κ3) is 4.52. The zero-order valence-corrected chi connectivity index (χ0v) is 15.9. The van der Waals surface area contributed by atoms with E-state index in [-0.39, 0.29) is 11.9 Å². The fourth-order valence-electron chi connectivity index (χ4n) is 3.61. The minimum Gasteiger partial charge on any atom is -0.488 e. The lowest BCUT2D eigenvalue weighted by Crippen LogP contribution is -2.45. The van der Waals surface area contributed by atoms with Gasteiger partial charge in [-0.1, -0.05) is 41.9 Å². The number of hydrogen-bond acceptors (Lipinski definition) is 3. The Labute approximate surface area is 164 Å². The summed E-state index contributed by atoms with van der Waals surface area (Å²) in [6.45, 7) is 3.21. The highest BCUT2D eigenvalue weighted by Gasteiger charge is 2.23. The van der Waals surface area contributed by atoms with Crippen molar-refractivity contribution in [3.8, 4) is 5.75 Å². The second-order valence-corrected chi connectivity index (χ2v) is 7.58. The van der Waals surface area contributed by atoms with Crippen molar-refractivity contribution >= 4 is 23.6 Å². The van der Waals surface area contributed by atoms with Gasteiger partial charge >= 0.3 is 0 Å². The van der Waals surface area contributed by atoms with Crippen molar-refractivity contribution in [1.82, 2.24) is 10.2 Å². The number of benzene rings is 2. The van der Waals surface area contributed by atoms with E-state index in [4.69, 9.17) is 16.3 Å². The van der Waals surface area contributed by atoms with Crippen LogP contribution in [0, 0.1) is 0 Å². The number of nitrogens with zero attached hydrogens (tertiary/aromatic N) is 1. The number of nitrogens with one attached hydrogen (secondary N) is 1. The Morgan fingerprint density at radius 2 is 1.85 bits per heavy atom. The van der Waals surface area contributed by atoms with Crippen molar-refractivity contribution < 1.29 is 9.53 Å². The number of ether oxygens (including phenoxy) is 1. The lowest BCUT2D eigenvalue weighted by atomic mass is 10.0. The molecular weight excluding hydrogens is 360 g/mol. The minimum absolute atomic E-state index is 0.0133. The fraction of sp³-hybridized carbons (Fsp3) is 0.318. The van der Waals surface area contributed by atoms with Gasteiger partial charge < -0.3 is 10.1 Å². The number of halogens is 1. The number of para-hydroxylation sites is 1. The van der Waals surface area contributed by atoms with Gasteiger partial charge in [-0.25, -0.2) is 0 Å². The summed E-state index contributed by atoms with van der Waals surface area (Å²) in [5.74, 6) is 0.824. The molecule has 27 heavy (non-hydrogen) atoms. The van der Waals surface area contributed by atoms with E-state index < -0.39 is 0 Å². The molecule has 0 bridgehead atoms. The average molecular weight is 383 g/mol. The van der Waals surface area contributed by atoms with Gasteiger partial charge in [0, 0.05) is 36.3 Å². The molecular formula is C22H23ClN2O2. The number of carbonyl (C=O) groups excluding carboxylic acids is 1. The van der Waals surface area contributed by atoms with Crippen LogP contribution in [0.4, 0.5) is 0 Å². The van der Waals surface area contributed by atoms with Crippen LogP contribution in [0.3, 0.4) is 0 Å². The number of rotatable bonds is 4. The van der Waals surface area contributed by atoms with Crippen LogP contribution < -0.4 is 10.1 Å². The van der Waals surface area contributed by atoms with Crippen molar-refractivity contribution in [3.05, 3.63) is 70.3 Å². The van der Waals surface area contributed by atoms with E-state index in [1.54, 1.807) is 0 Å². The van der Waals surface area contributed by atoms with Gasteiger partial charge in [0.1, 0.15) is 12.4 Å². The van der Waals surface area contributed by atoms with Crippen LogP contribution in [-0.2, 0) is 11.3 Å². The lowest BCUT2D eigenvalue weighted by Gasteiger charge is -2.32. The number of likely N-dealkylation sites (tertiary alicyclic amines) is 1. The van der Waals surface area contributed by atoms with Crippen LogP contribution in [-0.4, -0.2) is 36.5 Å². The standard InChI is InChI=1S/C22H23ClN2O2/c23-19-7-5-16(6-8-19)14-25-11-9-20(10-12-25)24-22(26)18-13-17-3-1-2-4-21(17)27-15-18/h1-8,13,20H,9-12,14-15H2,(H,24,26). The highest BCUT2D eigenvalue weighted by molar-refractivity contribution is 6.30. The second-order valence-electron chi connectivity index (χ2n) is 7.15. The van der Waals surface area contributed by atoms with Crippen molar-refractivity contribution in [2.75, 3.05) is 19.7 Å². The molecule has 0 aromatic heterocycles. The normalized spacial score (nSPS) is 17.6. The fourth-order valence-corrected chi connectivity index (χ4v) is 3.73. The Hall–Kier alpha value is -2.30. The van der Waals surface area contributed by atoms with Crippen molar-refractivity contribution in [1.29, 1.82) is 0 Å². The van der Waals surface area contributed by atoms with Crippen molar-refractivity contribution in [3.63, 3.8) is 0 Å². The smallest absolute Gasteiger partial charge is 0.250 e. The number of carbonyl (C=O) groups is 1. The van der Waals surface area contributed by atoms with Gasteiger partial charge in [-0.2, -0.15) is 0 Å². The first-order chi connectivity index (χ1) is 13.2. The number of piperidine rings is 1. The minimum atomic E-state index is -0.0133. The first kappa shape index (κ1) is 18.1. The maximum Gasteiger partial charge on any atom is 0.250 e. The summed E-state index contributed by atoms with van der Waals surface area (Å²) >= 11 is 5.95. The van der Waals surface area contributed by atoms with Gasteiger partial charge in [-0.15, -0.1) is 0 Å². The maximum absolute atomic E-state index is 12.6. The molecule has 4 rings (SSSR count). The molecule has 0 unspecified atom stereocenters. The Bertz CT molecular complexity index is 840. The average Bonchev–Trinajstić information content (AvgIpc) is 2.71. The molecule has 1 saturated heterocycles. The topological polar surface area (TPSA) is 41.6 Å². The molecule has 0 radical (unpaired) electrons. The van der Waals surface area contributed by atoms with E-state index in [1.165, 1.54) is 5.56 Å². The van der Waals surface area contributed by atoms with Crippen LogP contribution in [0.5, 0.6) is 5.75 Å². The lowest BCUT2D eigenvalue weighted by molar-refractivity contribution is -0.118. The Morgan fingerprint density at radius 3 is 2.63 bits per heavy atom. The maximum atomic E-state index is 12.6. The summed E-state index contributed by atoms with van der Waals surface area (Å²) in [6, 6.07) is 16.0. The van der Waals surface area contributed by atoms with Crippen LogP contribution in [0.1, 0.15) is 24.0 Å². The molecule has 1 fully saturated rings.